The number of aromatic nitrogens is 2. The summed E-state index contributed by atoms with van der Waals surface area (Å²) in [5.74, 6) is -1.07. The highest BCUT2D eigenvalue weighted by atomic mass is 35.5. The zero-order valence-electron chi connectivity index (χ0n) is 18.4. The van der Waals surface area contributed by atoms with Gasteiger partial charge in [0.2, 0.25) is 0 Å². The lowest BCUT2D eigenvalue weighted by molar-refractivity contribution is -0.150. The van der Waals surface area contributed by atoms with Crippen molar-refractivity contribution in [2.75, 3.05) is 6.61 Å². The lowest BCUT2D eigenvalue weighted by atomic mass is 10.2. The van der Waals surface area contributed by atoms with Crippen molar-refractivity contribution in [3.8, 4) is 22.9 Å². The average Bonchev–Trinajstić information content (AvgIpc) is 2.76. The molecule has 0 saturated heterocycles. The summed E-state index contributed by atoms with van der Waals surface area (Å²) in [4.78, 5) is 37.0. The van der Waals surface area contributed by atoms with Gasteiger partial charge in [0.25, 0.3) is 5.56 Å². The van der Waals surface area contributed by atoms with Crippen molar-refractivity contribution in [1.82, 2.24) is 9.13 Å². The summed E-state index contributed by atoms with van der Waals surface area (Å²) in [6.45, 7) is 5.00. The summed E-state index contributed by atoms with van der Waals surface area (Å²) in [6.07, 6.45) is -0.914. The van der Waals surface area contributed by atoms with Crippen LogP contribution < -0.4 is 20.7 Å². The first-order chi connectivity index (χ1) is 15.6. The summed E-state index contributed by atoms with van der Waals surface area (Å²) in [5, 5.41) is -0.0959. The number of ether oxygens (including phenoxy) is 3. The highest BCUT2D eigenvalue weighted by Gasteiger charge is 2.20. The molecular weight excluding hydrogens is 455 g/mol. The average molecular weight is 477 g/mol. The molecule has 0 spiro atoms. The summed E-state index contributed by atoms with van der Waals surface area (Å²) >= 11 is 6.17. The fourth-order valence-electron chi connectivity index (χ4n) is 2.97. The van der Waals surface area contributed by atoms with E-state index in [1.54, 1.807) is 38.1 Å². The number of carbonyl (C=O) groups excluding carboxylic acids is 1. The van der Waals surface area contributed by atoms with Gasteiger partial charge in [-0.2, -0.15) is 0 Å². The minimum Gasteiger partial charge on any atom is -0.475 e. The molecule has 0 radical (unpaired) electrons. The maximum Gasteiger partial charge on any atom is 0.347 e. The predicted molar refractivity (Wildman–Crippen MR) is 120 cm³/mol. The number of hydrogen-bond acceptors (Lipinski definition) is 6. The number of aryl methyl sites for hydroxylation is 1. The number of hydrogen-bond donors (Lipinski definition) is 0. The Balaban J connectivity index is 2.03. The van der Waals surface area contributed by atoms with Crippen LogP contribution in [0, 0.1) is 12.7 Å². The molecule has 0 bridgehead atoms. The molecule has 0 N–H and O–H groups in total. The number of carbonyl (C=O) groups is 1. The summed E-state index contributed by atoms with van der Waals surface area (Å²) < 4.78 is 33.1. The van der Waals surface area contributed by atoms with Crippen molar-refractivity contribution in [3.63, 3.8) is 0 Å². The second kappa shape index (κ2) is 9.91. The Morgan fingerprint density at radius 2 is 1.79 bits per heavy atom. The fourth-order valence-corrected chi connectivity index (χ4v) is 3.16. The largest absolute Gasteiger partial charge is 0.475 e. The van der Waals surface area contributed by atoms with E-state index in [1.165, 1.54) is 24.6 Å². The van der Waals surface area contributed by atoms with Crippen LogP contribution in [0.25, 0.3) is 5.69 Å². The minimum atomic E-state index is -0.914. The van der Waals surface area contributed by atoms with Crippen molar-refractivity contribution in [2.24, 2.45) is 7.05 Å². The predicted octanol–water partition coefficient (Wildman–Crippen LogP) is 3.76. The van der Waals surface area contributed by atoms with Gasteiger partial charge in [-0.1, -0.05) is 23.7 Å². The molecule has 0 aliphatic heterocycles. The summed E-state index contributed by atoms with van der Waals surface area (Å²) in [6, 6.07) is 9.79. The Morgan fingerprint density at radius 3 is 2.45 bits per heavy atom. The zero-order chi connectivity index (χ0) is 24.3. The lowest BCUT2D eigenvalue weighted by Gasteiger charge is -2.17. The monoisotopic (exact) mass is 476 g/mol. The number of para-hydroxylation sites is 2. The molecule has 0 fully saturated rings. The quantitative estimate of drug-likeness (QED) is 0.482. The van der Waals surface area contributed by atoms with Gasteiger partial charge < -0.3 is 18.8 Å². The summed E-state index contributed by atoms with van der Waals surface area (Å²) in [7, 11) is 1.47. The highest BCUT2D eigenvalue weighted by molar-refractivity contribution is 6.32. The van der Waals surface area contributed by atoms with E-state index >= 15 is 0 Å². The smallest absolute Gasteiger partial charge is 0.347 e. The zero-order valence-corrected chi connectivity index (χ0v) is 19.2. The molecule has 0 aliphatic carbocycles. The first kappa shape index (κ1) is 24.1. The molecule has 1 aromatic heterocycles. The number of esters is 1. The Morgan fingerprint density at radius 1 is 1.12 bits per heavy atom. The third-order valence-electron chi connectivity index (χ3n) is 4.79. The van der Waals surface area contributed by atoms with Crippen LogP contribution in [0.5, 0.6) is 17.2 Å². The van der Waals surface area contributed by atoms with Gasteiger partial charge in [-0.05, 0) is 39.0 Å². The molecule has 8 nitrogen and oxygen atoms in total. The van der Waals surface area contributed by atoms with Crippen molar-refractivity contribution < 1.29 is 23.4 Å². The van der Waals surface area contributed by atoms with Gasteiger partial charge in [-0.15, -0.1) is 0 Å². The normalized spacial score (nSPS) is 11.7. The number of halogens is 2. The molecule has 33 heavy (non-hydrogen) atoms. The van der Waals surface area contributed by atoms with Crippen LogP contribution in [-0.4, -0.2) is 27.8 Å². The maximum absolute atomic E-state index is 14.7. The molecule has 1 unspecified atom stereocenters. The van der Waals surface area contributed by atoms with E-state index in [-0.39, 0.29) is 34.6 Å². The lowest BCUT2D eigenvalue weighted by Crippen LogP contribution is -2.38. The molecule has 174 valence electrons. The van der Waals surface area contributed by atoms with Crippen LogP contribution in [-0.2, 0) is 16.6 Å². The van der Waals surface area contributed by atoms with Gasteiger partial charge >= 0.3 is 11.7 Å². The van der Waals surface area contributed by atoms with Gasteiger partial charge in [0.15, 0.2) is 17.6 Å². The molecule has 3 aromatic rings. The minimum absolute atomic E-state index is 0.0255. The molecule has 10 heteroatoms. The van der Waals surface area contributed by atoms with Gasteiger partial charge in [0.05, 0.1) is 17.3 Å². The first-order valence-electron chi connectivity index (χ1n) is 10.0. The number of benzene rings is 2. The molecule has 0 saturated carbocycles. The first-order valence-corrected chi connectivity index (χ1v) is 10.4. The van der Waals surface area contributed by atoms with E-state index in [0.29, 0.717) is 10.3 Å². The Kier molecular flexibility index (Phi) is 7.23. The highest BCUT2D eigenvalue weighted by Crippen LogP contribution is 2.37. The van der Waals surface area contributed by atoms with Gasteiger partial charge in [-0.3, -0.25) is 4.79 Å². The second-order valence-electron chi connectivity index (χ2n) is 7.10. The fraction of sp³-hybridized carbons (Fsp3) is 0.261. The summed E-state index contributed by atoms with van der Waals surface area (Å²) in [5.41, 5.74) is -1.32. The van der Waals surface area contributed by atoms with Crippen LogP contribution >= 0.6 is 11.6 Å². The second-order valence-corrected chi connectivity index (χ2v) is 7.50. The molecule has 0 amide bonds. The van der Waals surface area contributed by atoms with Gasteiger partial charge in [0.1, 0.15) is 11.6 Å². The van der Waals surface area contributed by atoms with E-state index in [0.717, 1.165) is 12.1 Å². The van der Waals surface area contributed by atoms with Crippen LogP contribution in [0.1, 0.15) is 19.5 Å². The van der Waals surface area contributed by atoms with E-state index in [9.17, 15) is 18.8 Å². The van der Waals surface area contributed by atoms with Crippen molar-refractivity contribution in [2.45, 2.75) is 26.9 Å². The Hall–Kier alpha value is -3.59. The van der Waals surface area contributed by atoms with Crippen molar-refractivity contribution in [3.05, 3.63) is 79.8 Å². The van der Waals surface area contributed by atoms with E-state index in [1.807, 2.05) is 0 Å². The van der Waals surface area contributed by atoms with Gasteiger partial charge in [-0.25, -0.2) is 18.5 Å². The third-order valence-corrected chi connectivity index (χ3v) is 5.09. The van der Waals surface area contributed by atoms with E-state index in [4.69, 9.17) is 25.8 Å². The molecule has 1 atom stereocenters. The SMILES string of the molecule is CCOC(=O)C(C)Oc1ccccc1Oc1cc(-n2c(=O)cc(C)n(C)c2=O)c(F)cc1Cl. The number of rotatable bonds is 7. The maximum atomic E-state index is 14.7. The van der Waals surface area contributed by atoms with E-state index < -0.39 is 29.1 Å². The molecule has 0 aliphatic rings. The van der Waals surface area contributed by atoms with E-state index in [2.05, 4.69) is 0 Å². The van der Waals surface area contributed by atoms with Crippen LogP contribution in [0.2, 0.25) is 5.02 Å². The standard InChI is InChI=1S/C23H22ClFN2O6/c1-5-31-22(29)14(3)32-18-8-6-7-9-19(18)33-20-12-17(16(25)11-15(20)24)27-21(28)10-13(2)26(4)23(27)30/h6-12,14H,5H2,1-4H3. The van der Waals surface area contributed by atoms with Crippen molar-refractivity contribution in [1.29, 1.82) is 0 Å². The van der Waals surface area contributed by atoms with Crippen LogP contribution in [0.15, 0.2) is 52.1 Å². The van der Waals surface area contributed by atoms with Crippen LogP contribution in [0.3, 0.4) is 0 Å². The Labute approximate surface area is 193 Å². The molecule has 3 rings (SSSR count). The van der Waals surface area contributed by atoms with Crippen LogP contribution in [0.4, 0.5) is 4.39 Å². The third kappa shape index (κ3) is 5.09. The number of nitrogens with zero attached hydrogens (tertiary/aromatic N) is 2. The van der Waals surface area contributed by atoms with Gasteiger partial charge in [0, 0.05) is 24.9 Å². The molecule has 1 heterocycles. The topological polar surface area (TPSA) is 88.8 Å². The Bertz CT molecular complexity index is 1320. The molecular formula is C23H22ClFN2O6. The molecule has 2 aromatic carbocycles. The van der Waals surface area contributed by atoms with Crippen molar-refractivity contribution >= 4 is 17.6 Å².